The molecule has 7 nitrogen and oxygen atoms in total. The van der Waals surface area contributed by atoms with Gasteiger partial charge in [0, 0.05) is 18.8 Å². The molecule has 0 atom stereocenters. The van der Waals surface area contributed by atoms with Crippen LogP contribution in [0.3, 0.4) is 0 Å². The van der Waals surface area contributed by atoms with E-state index >= 15 is 0 Å². The second kappa shape index (κ2) is 7.95. The van der Waals surface area contributed by atoms with Crippen LogP contribution in [-0.4, -0.2) is 47.2 Å². The van der Waals surface area contributed by atoms with E-state index in [1.54, 1.807) is 36.4 Å². The predicted octanol–water partition coefficient (Wildman–Crippen LogP) is 2.88. The molecule has 0 aliphatic carbocycles. The summed E-state index contributed by atoms with van der Waals surface area (Å²) >= 11 is 0. The second-order valence-electron chi connectivity index (χ2n) is 6.47. The maximum absolute atomic E-state index is 12.5. The Labute approximate surface area is 152 Å². The Bertz CT molecular complexity index is 766. The van der Waals surface area contributed by atoms with Crippen molar-refractivity contribution in [3.63, 3.8) is 0 Å². The van der Waals surface area contributed by atoms with Gasteiger partial charge in [-0.2, -0.15) is 0 Å². The van der Waals surface area contributed by atoms with E-state index in [4.69, 9.17) is 0 Å². The van der Waals surface area contributed by atoms with Crippen molar-refractivity contribution in [1.82, 2.24) is 15.1 Å². The van der Waals surface area contributed by atoms with Crippen LogP contribution in [0.2, 0.25) is 0 Å². The lowest BCUT2D eigenvalue weighted by Crippen LogP contribution is -2.38. The van der Waals surface area contributed by atoms with Crippen LogP contribution in [0.15, 0.2) is 36.4 Å². The topological polar surface area (TPSA) is 84.4 Å². The minimum absolute atomic E-state index is 0.0709. The normalized spacial score (nSPS) is 14.8. The molecular formula is C19H22N4O3. The largest absolute Gasteiger partial charge is 0.465 e. The summed E-state index contributed by atoms with van der Waals surface area (Å²) in [5.41, 5.74) is 1.59. The number of esters is 1. The van der Waals surface area contributed by atoms with Gasteiger partial charge in [-0.05, 0) is 55.2 Å². The van der Waals surface area contributed by atoms with Crippen LogP contribution in [0.4, 0.5) is 11.5 Å². The zero-order chi connectivity index (χ0) is 18.5. The minimum atomic E-state index is -0.383. The van der Waals surface area contributed by atoms with Gasteiger partial charge in [-0.15, -0.1) is 10.2 Å². The number of aromatic nitrogens is 2. The molecule has 1 aliphatic heterocycles. The van der Waals surface area contributed by atoms with Gasteiger partial charge in [0.2, 0.25) is 0 Å². The number of anilines is 2. The van der Waals surface area contributed by atoms with Crippen molar-refractivity contribution in [3.8, 4) is 0 Å². The van der Waals surface area contributed by atoms with Crippen molar-refractivity contribution >= 4 is 23.4 Å². The highest BCUT2D eigenvalue weighted by molar-refractivity contribution is 5.92. The SMILES string of the molecule is COC(=O)c1ccc(Nc2ccc(C(=O)N3CCC(C)CC3)nn2)cc1. The third kappa shape index (κ3) is 4.17. The van der Waals surface area contributed by atoms with Gasteiger partial charge in [0.1, 0.15) is 0 Å². The fourth-order valence-electron chi connectivity index (χ4n) is 2.84. The van der Waals surface area contributed by atoms with Crippen molar-refractivity contribution in [1.29, 1.82) is 0 Å². The van der Waals surface area contributed by atoms with Gasteiger partial charge in [0.15, 0.2) is 11.5 Å². The predicted molar refractivity (Wildman–Crippen MR) is 97.4 cm³/mol. The molecule has 0 radical (unpaired) electrons. The summed E-state index contributed by atoms with van der Waals surface area (Å²) in [7, 11) is 1.34. The number of nitrogens with zero attached hydrogens (tertiary/aromatic N) is 3. The first-order chi connectivity index (χ1) is 12.6. The average molecular weight is 354 g/mol. The van der Waals surface area contributed by atoms with Gasteiger partial charge >= 0.3 is 5.97 Å². The number of amides is 1. The molecule has 2 aromatic rings. The van der Waals surface area contributed by atoms with E-state index in [1.807, 2.05) is 4.90 Å². The highest BCUT2D eigenvalue weighted by Gasteiger charge is 2.22. The number of nitrogens with one attached hydrogen (secondary N) is 1. The van der Waals surface area contributed by atoms with E-state index in [1.165, 1.54) is 7.11 Å². The number of ether oxygens (including phenoxy) is 1. The lowest BCUT2D eigenvalue weighted by atomic mass is 9.99. The van der Waals surface area contributed by atoms with E-state index < -0.39 is 0 Å². The molecule has 1 N–H and O–H groups in total. The van der Waals surface area contributed by atoms with Crippen molar-refractivity contribution in [2.45, 2.75) is 19.8 Å². The number of rotatable bonds is 4. The van der Waals surface area contributed by atoms with E-state index in [0.717, 1.165) is 31.6 Å². The number of piperidine rings is 1. The molecule has 26 heavy (non-hydrogen) atoms. The Balaban J connectivity index is 1.62. The van der Waals surface area contributed by atoms with Gasteiger partial charge in [-0.3, -0.25) is 4.79 Å². The molecule has 136 valence electrons. The van der Waals surface area contributed by atoms with Crippen molar-refractivity contribution in [2.24, 2.45) is 5.92 Å². The van der Waals surface area contributed by atoms with Crippen LogP contribution in [0.5, 0.6) is 0 Å². The minimum Gasteiger partial charge on any atom is -0.465 e. The average Bonchev–Trinajstić information content (AvgIpc) is 2.68. The molecule has 1 aromatic heterocycles. The van der Waals surface area contributed by atoms with Crippen molar-refractivity contribution in [3.05, 3.63) is 47.7 Å². The van der Waals surface area contributed by atoms with Crippen LogP contribution in [0.1, 0.15) is 40.6 Å². The molecule has 0 bridgehead atoms. The van der Waals surface area contributed by atoms with E-state index in [0.29, 0.717) is 23.0 Å². The summed E-state index contributed by atoms with van der Waals surface area (Å²) in [6.45, 7) is 3.75. The molecule has 0 saturated carbocycles. The zero-order valence-electron chi connectivity index (χ0n) is 14.9. The van der Waals surface area contributed by atoms with Gasteiger partial charge in [-0.1, -0.05) is 6.92 Å². The van der Waals surface area contributed by atoms with Crippen LogP contribution in [0.25, 0.3) is 0 Å². The molecule has 2 heterocycles. The number of likely N-dealkylation sites (tertiary alicyclic amines) is 1. The summed E-state index contributed by atoms with van der Waals surface area (Å²) in [5, 5.41) is 11.2. The molecule has 1 amide bonds. The Morgan fingerprint density at radius 2 is 1.77 bits per heavy atom. The molecule has 1 saturated heterocycles. The quantitative estimate of drug-likeness (QED) is 0.850. The first kappa shape index (κ1) is 17.8. The highest BCUT2D eigenvalue weighted by Crippen LogP contribution is 2.19. The molecule has 7 heteroatoms. The van der Waals surface area contributed by atoms with Crippen LogP contribution < -0.4 is 5.32 Å². The first-order valence-electron chi connectivity index (χ1n) is 8.65. The number of carbonyl (C=O) groups excluding carboxylic acids is 2. The summed E-state index contributed by atoms with van der Waals surface area (Å²) < 4.78 is 4.67. The Kier molecular flexibility index (Phi) is 5.46. The third-order valence-corrected chi connectivity index (χ3v) is 4.53. The summed E-state index contributed by atoms with van der Waals surface area (Å²) in [4.78, 5) is 25.7. The maximum Gasteiger partial charge on any atom is 0.337 e. The van der Waals surface area contributed by atoms with Gasteiger partial charge in [0.25, 0.3) is 5.91 Å². The van der Waals surface area contributed by atoms with Crippen LogP contribution in [-0.2, 0) is 4.74 Å². The monoisotopic (exact) mass is 354 g/mol. The standard InChI is InChI=1S/C19H22N4O3/c1-13-9-11-23(12-10-13)18(24)16-7-8-17(22-21-16)20-15-5-3-14(4-6-15)19(25)26-2/h3-8,13H,9-12H2,1-2H3,(H,20,22). The Morgan fingerprint density at radius 3 is 2.35 bits per heavy atom. The zero-order valence-corrected chi connectivity index (χ0v) is 14.9. The summed E-state index contributed by atoms with van der Waals surface area (Å²) in [6.07, 6.45) is 2.06. The van der Waals surface area contributed by atoms with E-state index in [-0.39, 0.29) is 11.9 Å². The third-order valence-electron chi connectivity index (χ3n) is 4.53. The van der Waals surface area contributed by atoms with E-state index in [9.17, 15) is 9.59 Å². The molecule has 1 aromatic carbocycles. The Morgan fingerprint density at radius 1 is 1.08 bits per heavy atom. The number of carbonyl (C=O) groups is 2. The van der Waals surface area contributed by atoms with Gasteiger partial charge in [0.05, 0.1) is 12.7 Å². The summed E-state index contributed by atoms with van der Waals surface area (Å²) in [6, 6.07) is 10.2. The Hall–Kier alpha value is -2.96. The fraction of sp³-hybridized carbons (Fsp3) is 0.368. The number of methoxy groups -OCH3 is 1. The molecule has 0 unspecified atom stereocenters. The number of hydrogen-bond donors (Lipinski definition) is 1. The lowest BCUT2D eigenvalue weighted by Gasteiger charge is -2.29. The lowest BCUT2D eigenvalue weighted by molar-refractivity contribution is 0.0600. The molecular weight excluding hydrogens is 332 g/mol. The summed E-state index contributed by atoms with van der Waals surface area (Å²) in [5.74, 6) is 0.742. The molecule has 3 rings (SSSR count). The molecule has 1 aliphatic rings. The smallest absolute Gasteiger partial charge is 0.337 e. The van der Waals surface area contributed by atoms with Crippen LogP contribution >= 0.6 is 0 Å². The van der Waals surface area contributed by atoms with Gasteiger partial charge < -0.3 is 15.0 Å². The second-order valence-corrected chi connectivity index (χ2v) is 6.47. The van der Waals surface area contributed by atoms with E-state index in [2.05, 4.69) is 27.2 Å². The van der Waals surface area contributed by atoms with Crippen molar-refractivity contribution < 1.29 is 14.3 Å². The molecule has 0 spiro atoms. The number of benzene rings is 1. The molecule has 1 fully saturated rings. The highest BCUT2D eigenvalue weighted by atomic mass is 16.5. The van der Waals surface area contributed by atoms with Gasteiger partial charge in [-0.25, -0.2) is 4.79 Å². The van der Waals surface area contributed by atoms with Crippen molar-refractivity contribution in [2.75, 3.05) is 25.5 Å². The van der Waals surface area contributed by atoms with Crippen LogP contribution in [0, 0.1) is 5.92 Å². The number of hydrogen-bond acceptors (Lipinski definition) is 6. The first-order valence-corrected chi connectivity index (χ1v) is 8.65. The maximum atomic E-state index is 12.5. The fourth-order valence-corrected chi connectivity index (χ4v) is 2.84.